The predicted molar refractivity (Wildman–Crippen MR) is 133 cm³/mol. The molecule has 1 aromatic heterocycles. The molecule has 0 aliphatic carbocycles. The van der Waals surface area contributed by atoms with Crippen LogP contribution in [0.1, 0.15) is 35.2 Å². The Hall–Kier alpha value is -4.39. The van der Waals surface area contributed by atoms with Gasteiger partial charge in [-0.05, 0) is 29.7 Å². The standard InChI is InChI=1S/C27H25N5O2/c1-34-24-15-9-8-14-21(24)16-17-25(33)29-26-30-27-28-22(19-10-4-2-5-11-19)18-23(32(27)31-26)20-12-6-3-7-13-20/h2-17,22-23H,18H2,1H3,(H2,28,29,30,31,33)/b17-16+/t22-,23+/m0/s1. The molecule has 0 fully saturated rings. The molecule has 2 atom stereocenters. The van der Waals surface area contributed by atoms with Gasteiger partial charge >= 0.3 is 0 Å². The van der Waals surface area contributed by atoms with Gasteiger partial charge in [0.25, 0.3) is 11.9 Å². The summed E-state index contributed by atoms with van der Waals surface area (Å²) in [4.78, 5) is 17.2. The molecule has 34 heavy (non-hydrogen) atoms. The highest BCUT2D eigenvalue weighted by Crippen LogP contribution is 2.38. The third-order valence-corrected chi connectivity index (χ3v) is 5.86. The van der Waals surface area contributed by atoms with Crippen molar-refractivity contribution in [3.05, 3.63) is 108 Å². The van der Waals surface area contributed by atoms with E-state index in [4.69, 9.17) is 4.74 Å². The molecule has 7 nitrogen and oxygen atoms in total. The van der Waals surface area contributed by atoms with Crippen LogP contribution in [0.5, 0.6) is 5.75 Å². The highest BCUT2D eigenvalue weighted by atomic mass is 16.5. The fourth-order valence-corrected chi connectivity index (χ4v) is 4.21. The number of carbonyl (C=O) groups is 1. The van der Waals surface area contributed by atoms with Crippen molar-refractivity contribution in [3.8, 4) is 5.75 Å². The van der Waals surface area contributed by atoms with Crippen LogP contribution in [0.2, 0.25) is 0 Å². The van der Waals surface area contributed by atoms with Crippen molar-refractivity contribution in [3.63, 3.8) is 0 Å². The lowest BCUT2D eigenvalue weighted by atomic mass is 9.93. The number of hydrogen-bond donors (Lipinski definition) is 2. The van der Waals surface area contributed by atoms with Gasteiger partial charge in [-0.2, -0.15) is 4.98 Å². The summed E-state index contributed by atoms with van der Waals surface area (Å²) >= 11 is 0. The van der Waals surface area contributed by atoms with Gasteiger partial charge < -0.3 is 10.1 Å². The van der Waals surface area contributed by atoms with E-state index in [1.165, 1.54) is 11.6 Å². The summed E-state index contributed by atoms with van der Waals surface area (Å²) in [5.41, 5.74) is 3.14. The molecular formula is C27H25N5O2. The molecule has 0 saturated carbocycles. The summed E-state index contributed by atoms with van der Waals surface area (Å²) in [6.07, 6.45) is 3.97. The summed E-state index contributed by atoms with van der Waals surface area (Å²) in [7, 11) is 1.60. The Bertz CT molecular complexity index is 1300. The number of benzene rings is 3. The molecule has 0 bridgehead atoms. The number of nitrogens with one attached hydrogen (secondary N) is 2. The summed E-state index contributed by atoms with van der Waals surface area (Å²) in [6.45, 7) is 0. The summed E-state index contributed by atoms with van der Waals surface area (Å²) in [5, 5.41) is 10.9. The molecule has 0 unspecified atom stereocenters. The van der Waals surface area contributed by atoms with E-state index in [0.29, 0.717) is 11.7 Å². The summed E-state index contributed by atoms with van der Waals surface area (Å²) in [6, 6.07) is 28.1. The van der Waals surface area contributed by atoms with Crippen LogP contribution in [0.4, 0.5) is 11.9 Å². The van der Waals surface area contributed by atoms with Crippen LogP contribution in [0.15, 0.2) is 91.0 Å². The van der Waals surface area contributed by atoms with Gasteiger partial charge in [0, 0.05) is 11.6 Å². The molecule has 0 radical (unpaired) electrons. The number of carbonyl (C=O) groups excluding carboxylic acids is 1. The zero-order valence-electron chi connectivity index (χ0n) is 18.8. The molecule has 1 aliphatic rings. The quantitative estimate of drug-likeness (QED) is 0.399. The number of anilines is 2. The Morgan fingerprint density at radius 1 is 1.00 bits per heavy atom. The number of methoxy groups -OCH3 is 1. The summed E-state index contributed by atoms with van der Waals surface area (Å²) in [5.74, 6) is 1.26. The Kier molecular flexibility index (Phi) is 6.07. The van der Waals surface area contributed by atoms with E-state index in [2.05, 4.69) is 45.0 Å². The first-order valence-corrected chi connectivity index (χ1v) is 11.2. The van der Waals surface area contributed by atoms with E-state index in [1.807, 2.05) is 65.3 Å². The van der Waals surface area contributed by atoms with E-state index in [0.717, 1.165) is 17.5 Å². The second-order valence-corrected chi connectivity index (χ2v) is 8.04. The molecule has 5 rings (SSSR count). The van der Waals surface area contributed by atoms with E-state index in [-0.39, 0.29) is 23.9 Å². The summed E-state index contributed by atoms with van der Waals surface area (Å²) < 4.78 is 7.19. The van der Waals surface area contributed by atoms with Crippen molar-refractivity contribution in [2.45, 2.75) is 18.5 Å². The molecule has 0 saturated heterocycles. The molecule has 0 spiro atoms. The third-order valence-electron chi connectivity index (χ3n) is 5.86. The average molecular weight is 452 g/mol. The smallest absolute Gasteiger partial charge is 0.250 e. The van der Waals surface area contributed by atoms with Gasteiger partial charge in [-0.15, -0.1) is 5.10 Å². The van der Waals surface area contributed by atoms with E-state index in [1.54, 1.807) is 13.2 Å². The Morgan fingerprint density at radius 3 is 2.41 bits per heavy atom. The van der Waals surface area contributed by atoms with Crippen molar-refractivity contribution in [1.82, 2.24) is 14.8 Å². The van der Waals surface area contributed by atoms with Crippen LogP contribution in [0, 0.1) is 0 Å². The molecule has 1 aliphatic heterocycles. The van der Waals surface area contributed by atoms with Gasteiger partial charge in [-0.25, -0.2) is 4.68 Å². The minimum absolute atomic E-state index is 0.00932. The number of ether oxygens (including phenoxy) is 1. The number of hydrogen-bond acceptors (Lipinski definition) is 5. The van der Waals surface area contributed by atoms with Gasteiger partial charge in [-0.3, -0.25) is 10.1 Å². The zero-order chi connectivity index (χ0) is 23.3. The lowest BCUT2D eigenvalue weighted by Crippen LogP contribution is -2.28. The van der Waals surface area contributed by atoms with Crippen molar-refractivity contribution in [1.29, 1.82) is 0 Å². The minimum atomic E-state index is -0.315. The number of aromatic nitrogens is 3. The topological polar surface area (TPSA) is 81.1 Å². The van der Waals surface area contributed by atoms with Crippen LogP contribution in [-0.2, 0) is 4.79 Å². The maximum atomic E-state index is 12.6. The SMILES string of the molecule is COc1ccccc1/C=C/C(=O)Nc1nc2n(n1)[C@@H](c1ccccc1)C[C@@H](c1ccccc1)N2. The first-order chi connectivity index (χ1) is 16.7. The lowest BCUT2D eigenvalue weighted by molar-refractivity contribution is -0.111. The predicted octanol–water partition coefficient (Wildman–Crippen LogP) is 5.08. The third kappa shape index (κ3) is 4.54. The normalized spacial score (nSPS) is 17.1. The van der Waals surface area contributed by atoms with Gasteiger partial charge in [0.15, 0.2) is 0 Å². The van der Waals surface area contributed by atoms with Crippen LogP contribution in [0.3, 0.4) is 0 Å². The molecule has 3 aromatic carbocycles. The molecule has 7 heteroatoms. The Labute approximate surface area is 198 Å². The average Bonchev–Trinajstić information content (AvgIpc) is 3.30. The van der Waals surface area contributed by atoms with Gasteiger partial charge in [-0.1, -0.05) is 78.9 Å². The highest BCUT2D eigenvalue weighted by Gasteiger charge is 2.31. The lowest BCUT2D eigenvalue weighted by Gasteiger charge is -2.31. The molecular weight excluding hydrogens is 426 g/mol. The molecule has 4 aromatic rings. The maximum Gasteiger partial charge on any atom is 0.250 e. The monoisotopic (exact) mass is 451 g/mol. The van der Waals surface area contributed by atoms with Crippen LogP contribution < -0.4 is 15.4 Å². The van der Waals surface area contributed by atoms with Gasteiger partial charge in [0.05, 0.1) is 19.2 Å². The van der Waals surface area contributed by atoms with Gasteiger partial charge in [0.1, 0.15) is 5.75 Å². The maximum absolute atomic E-state index is 12.6. The number of fused-ring (bicyclic) bond motifs is 1. The Balaban J connectivity index is 1.40. The van der Waals surface area contributed by atoms with Crippen molar-refractivity contribution >= 4 is 23.9 Å². The molecule has 2 heterocycles. The molecule has 170 valence electrons. The van der Waals surface area contributed by atoms with E-state index < -0.39 is 0 Å². The second-order valence-electron chi connectivity index (χ2n) is 8.04. The highest BCUT2D eigenvalue weighted by molar-refractivity contribution is 6.01. The number of rotatable bonds is 6. The first kappa shape index (κ1) is 21.5. The zero-order valence-corrected chi connectivity index (χ0v) is 18.8. The molecule has 2 N–H and O–H groups in total. The van der Waals surface area contributed by atoms with Crippen molar-refractivity contribution in [2.75, 3.05) is 17.7 Å². The van der Waals surface area contributed by atoms with Gasteiger partial charge in [0.2, 0.25) is 5.95 Å². The largest absolute Gasteiger partial charge is 0.496 e. The van der Waals surface area contributed by atoms with Crippen LogP contribution >= 0.6 is 0 Å². The van der Waals surface area contributed by atoms with Crippen molar-refractivity contribution in [2.24, 2.45) is 0 Å². The fourth-order valence-electron chi connectivity index (χ4n) is 4.21. The van der Waals surface area contributed by atoms with E-state index in [9.17, 15) is 4.79 Å². The Morgan fingerprint density at radius 2 is 1.68 bits per heavy atom. The van der Waals surface area contributed by atoms with Crippen LogP contribution in [-0.4, -0.2) is 27.8 Å². The second kappa shape index (κ2) is 9.62. The van der Waals surface area contributed by atoms with Crippen molar-refractivity contribution < 1.29 is 9.53 Å². The molecule has 1 amide bonds. The first-order valence-electron chi connectivity index (χ1n) is 11.2. The number of amides is 1. The van der Waals surface area contributed by atoms with E-state index >= 15 is 0 Å². The van der Waals surface area contributed by atoms with Crippen LogP contribution in [0.25, 0.3) is 6.08 Å². The number of nitrogens with zero attached hydrogens (tertiary/aromatic N) is 3. The minimum Gasteiger partial charge on any atom is -0.496 e. The number of para-hydroxylation sites is 1. The fraction of sp³-hybridized carbons (Fsp3) is 0.148.